The molecule has 0 radical (unpaired) electrons. The normalized spacial score (nSPS) is 17.7. The number of aliphatic hydroxyl groups excluding tert-OH is 1. The van der Waals surface area contributed by atoms with Crippen molar-refractivity contribution in [2.24, 2.45) is 4.99 Å². The van der Waals surface area contributed by atoms with Crippen molar-refractivity contribution in [1.82, 2.24) is 14.3 Å². The third-order valence-corrected chi connectivity index (χ3v) is 5.76. The Kier molecular flexibility index (Phi) is 4.84. The summed E-state index contributed by atoms with van der Waals surface area (Å²) in [6.07, 6.45) is 2.04. The van der Waals surface area contributed by atoms with Crippen LogP contribution in [0.5, 0.6) is 0 Å². The zero-order chi connectivity index (χ0) is 21.5. The molecule has 2 aromatic heterocycles. The Morgan fingerprint density at radius 1 is 1.16 bits per heavy atom. The highest BCUT2D eigenvalue weighted by molar-refractivity contribution is 6.09. The highest BCUT2D eigenvalue weighted by Gasteiger charge is 2.21. The highest BCUT2D eigenvalue weighted by Crippen LogP contribution is 2.23. The number of pyridine rings is 1. The van der Waals surface area contributed by atoms with Crippen LogP contribution in [0.1, 0.15) is 23.7 Å². The van der Waals surface area contributed by atoms with Gasteiger partial charge in [-0.3, -0.25) is 18.9 Å². The van der Waals surface area contributed by atoms with E-state index in [1.807, 2.05) is 30.3 Å². The second-order valence-corrected chi connectivity index (χ2v) is 8.05. The largest absolute Gasteiger partial charge is 0.392 e. The zero-order valence-electron chi connectivity index (χ0n) is 17.2. The Labute approximate surface area is 178 Å². The lowest BCUT2D eigenvalue weighted by Gasteiger charge is -2.14. The first-order valence-electron chi connectivity index (χ1n) is 10.3. The molecule has 3 heterocycles. The summed E-state index contributed by atoms with van der Waals surface area (Å²) < 4.78 is 1.41. The van der Waals surface area contributed by atoms with Crippen molar-refractivity contribution in [3.05, 3.63) is 70.6 Å². The summed E-state index contributed by atoms with van der Waals surface area (Å²) in [6.45, 7) is 3.70. The Morgan fingerprint density at radius 2 is 2.00 bits per heavy atom. The third-order valence-electron chi connectivity index (χ3n) is 5.76. The van der Waals surface area contributed by atoms with Crippen molar-refractivity contribution in [2.45, 2.75) is 19.4 Å². The number of β-amino-alcohol motifs (C(OH)–C–C–N with tert-alkyl or cyclic N) is 1. The molecule has 0 spiro atoms. The molecule has 1 saturated heterocycles. The molecule has 7 nitrogen and oxygen atoms in total. The number of likely N-dealkylation sites (tertiary alicyclic amines) is 1. The summed E-state index contributed by atoms with van der Waals surface area (Å²) >= 11 is 0. The van der Waals surface area contributed by atoms with Crippen LogP contribution in [0, 0.1) is 0 Å². The van der Waals surface area contributed by atoms with Gasteiger partial charge in [-0.05, 0) is 36.9 Å². The number of rotatable bonds is 3. The van der Waals surface area contributed by atoms with Gasteiger partial charge in [-0.15, -0.1) is 0 Å². The number of aromatic nitrogens is 2. The monoisotopic (exact) mass is 414 g/mol. The van der Waals surface area contributed by atoms with Crippen molar-refractivity contribution in [3.8, 4) is 0 Å². The Hall–Kier alpha value is -3.42. The summed E-state index contributed by atoms with van der Waals surface area (Å²) in [5, 5.41) is 12.0. The number of fused-ring (bicyclic) bond motifs is 4. The van der Waals surface area contributed by atoms with Crippen LogP contribution in [0.2, 0.25) is 0 Å². The predicted molar refractivity (Wildman–Crippen MR) is 121 cm³/mol. The van der Waals surface area contributed by atoms with E-state index in [4.69, 9.17) is 4.98 Å². The minimum absolute atomic E-state index is 0.216. The average molecular weight is 414 g/mol. The molecule has 7 heteroatoms. The van der Waals surface area contributed by atoms with Crippen molar-refractivity contribution in [3.63, 3.8) is 0 Å². The number of benzene rings is 2. The summed E-state index contributed by atoms with van der Waals surface area (Å²) in [7, 11) is 0. The Morgan fingerprint density at radius 3 is 2.81 bits per heavy atom. The van der Waals surface area contributed by atoms with E-state index < -0.39 is 5.91 Å². The lowest BCUT2D eigenvalue weighted by molar-refractivity contribution is 0.100. The fourth-order valence-corrected chi connectivity index (χ4v) is 4.28. The smallest absolute Gasteiger partial charge is 0.280 e. The van der Waals surface area contributed by atoms with E-state index in [-0.39, 0.29) is 17.2 Å². The van der Waals surface area contributed by atoms with E-state index in [1.165, 1.54) is 4.40 Å². The van der Waals surface area contributed by atoms with Gasteiger partial charge in [0.2, 0.25) is 0 Å². The van der Waals surface area contributed by atoms with E-state index >= 15 is 0 Å². The molecule has 1 aliphatic heterocycles. The first-order chi connectivity index (χ1) is 15.0. The lowest BCUT2D eigenvalue weighted by atomic mass is 10.1. The van der Waals surface area contributed by atoms with Gasteiger partial charge in [0.1, 0.15) is 0 Å². The van der Waals surface area contributed by atoms with Crippen LogP contribution in [-0.2, 0) is 0 Å². The summed E-state index contributed by atoms with van der Waals surface area (Å²) in [4.78, 5) is 37.2. The van der Waals surface area contributed by atoms with Gasteiger partial charge >= 0.3 is 0 Å². The van der Waals surface area contributed by atoms with Gasteiger partial charge < -0.3 is 5.11 Å². The fourth-order valence-electron chi connectivity index (χ4n) is 4.28. The average Bonchev–Trinajstić information content (AvgIpc) is 3.17. The number of aliphatic hydroxyl groups is 1. The number of hydrogen-bond acceptors (Lipinski definition) is 5. The van der Waals surface area contributed by atoms with Gasteiger partial charge in [-0.2, -0.15) is 0 Å². The van der Waals surface area contributed by atoms with Crippen molar-refractivity contribution in [1.29, 1.82) is 0 Å². The molecular weight excluding hydrogens is 392 g/mol. The van der Waals surface area contributed by atoms with E-state index in [2.05, 4.69) is 9.89 Å². The lowest BCUT2D eigenvalue weighted by Crippen LogP contribution is -2.28. The van der Waals surface area contributed by atoms with E-state index in [0.29, 0.717) is 35.4 Å². The quantitative estimate of drug-likeness (QED) is 0.316. The summed E-state index contributed by atoms with van der Waals surface area (Å²) in [5.74, 6) is -0.429. The van der Waals surface area contributed by atoms with Crippen molar-refractivity contribution < 1.29 is 9.90 Å². The number of nitrogens with zero attached hydrogens (tertiary/aromatic N) is 4. The molecule has 1 N–H and O–H groups in total. The van der Waals surface area contributed by atoms with Crippen LogP contribution in [0.3, 0.4) is 0 Å². The molecule has 4 aromatic rings. The summed E-state index contributed by atoms with van der Waals surface area (Å²) in [6, 6.07) is 14.7. The maximum absolute atomic E-state index is 13.1. The molecule has 0 bridgehead atoms. The van der Waals surface area contributed by atoms with Crippen LogP contribution in [0.25, 0.3) is 27.3 Å². The molecule has 2 aromatic carbocycles. The SMILES string of the molecule is C/C(CN1CC[C@H](O)C1)=N\C(=O)c1cccn2c(=O)c3ccc4ccccc4c3nc12. The molecule has 5 rings (SSSR count). The molecule has 0 saturated carbocycles. The van der Waals surface area contributed by atoms with Crippen LogP contribution >= 0.6 is 0 Å². The number of hydrogen-bond donors (Lipinski definition) is 1. The van der Waals surface area contributed by atoms with Gasteiger partial charge in [0, 0.05) is 36.9 Å². The van der Waals surface area contributed by atoms with E-state index in [0.717, 1.165) is 23.7 Å². The van der Waals surface area contributed by atoms with Crippen molar-refractivity contribution >= 4 is 38.9 Å². The fraction of sp³-hybridized carbons (Fsp3) is 0.250. The van der Waals surface area contributed by atoms with E-state index in [1.54, 1.807) is 31.3 Å². The van der Waals surface area contributed by atoms with Crippen LogP contribution < -0.4 is 5.56 Å². The van der Waals surface area contributed by atoms with Gasteiger partial charge in [0.25, 0.3) is 11.5 Å². The van der Waals surface area contributed by atoms with Crippen molar-refractivity contribution in [2.75, 3.05) is 19.6 Å². The molecular formula is C24H22N4O3. The van der Waals surface area contributed by atoms with E-state index in [9.17, 15) is 14.7 Å². The maximum Gasteiger partial charge on any atom is 0.280 e. The van der Waals surface area contributed by atoms with Crippen LogP contribution in [0.4, 0.5) is 0 Å². The predicted octanol–water partition coefficient (Wildman–Crippen LogP) is 2.67. The molecule has 1 aliphatic rings. The zero-order valence-corrected chi connectivity index (χ0v) is 17.2. The number of carbonyl (C=O) groups is 1. The maximum atomic E-state index is 13.1. The molecule has 156 valence electrons. The van der Waals surface area contributed by atoms with Gasteiger partial charge in [-0.1, -0.05) is 30.3 Å². The Balaban J connectivity index is 1.62. The number of aliphatic imine (C=N–C) groups is 1. The minimum Gasteiger partial charge on any atom is -0.392 e. The Bertz CT molecular complexity index is 1420. The number of carbonyl (C=O) groups excluding carboxylic acids is 1. The topological polar surface area (TPSA) is 87.3 Å². The standard InChI is InChI=1S/C24H22N4O3/c1-15(13-27-12-10-17(29)14-27)25-23(30)20-7-4-11-28-22(20)26-21-18-6-3-2-5-16(18)8-9-19(21)24(28)31/h2-9,11,17,29H,10,12-14H2,1H3/b25-15+/t17-/m0/s1. The second kappa shape index (κ2) is 7.68. The third kappa shape index (κ3) is 3.52. The molecule has 0 unspecified atom stereocenters. The minimum atomic E-state index is -0.429. The molecule has 1 atom stereocenters. The summed E-state index contributed by atoms with van der Waals surface area (Å²) in [5.41, 5.74) is 1.61. The first-order valence-corrected chi connectivity index (χ1v) is 10.3. The molecule has 1 fully saturated rings. The van der Waals surface area contributed by atoms with Gasteiger partial charge in [0.15, 0.2) is 5.65 Å². The molecule has 31 heavy (non-hydrogen) atoms. The van der Waals surface area contributed by atoms with Gasteiger partial charge in [-0.25, -0.2) is 9.98 Å². The second-order valence-electron chi connectivity index (χ2n) is 8.05. The molecule has 1 amide bonds. The first kappa shape index (κ1) is 19.5. The molecule has 0 aliphatic carbocycles. The van der Waals surface area contributed by atoms with Crippen LogP contribution in [-0.4, -0.2) is 56.7 Å². The number of amides is 1. The van der Waals surface area contributed by atoms with Crippen LogP contribution in [0.15, 0.2) is 64.5 Å². The highest BCUT2D eigenvalue weighted by atomic mass is 16.3. The van der Waals surface area contributed by atoms with Gasteiger partial charge in [0.05, 0.1) is 22.6 Å².